The maximum Gasteiger partial charge on any atom is 0.261 e. The lowest BCUT2D eigenvalue weighted by Gasteiger charge is -2.31. The molecule has 1 aromatic heterocycles. The van der Waals surface area contributed by atoms with Crippen molar-refractivity contribution in [1.29, 1.82) is 0 Å². The molecule has 27 heavy (non-hydrogen) atoms. The molecule has 0 amide bonds. The van der Waals surface area contributed by atoms with Gasteiger partial charge in [0.15, 0.2) is 0 Å². The Bertz CT molecular complexity index is 833. The topological polar surface area (TPSA) is 50.6 Å². The summed E-state index contributed by atoms with van der Waals surface area (Å²) in [6.07, 6.45) is 3.23. The third-order valence-electron chi connectivity index (χ3n) is 5.56. The molecule has 1 atom stereocenters. The van der Waals surface area contributed by atoms with Crippen LogP contribution in [0.4, 0.5) is 0 Å². The maximum atomic E-state index is 13.2. The fraction of sp³-hybridized carbons (Fsp3) is 0.619. The predicted octanol–water partition coefficient (Wildman–Crippen LogP) is 2.90. The number of fused-ring (bicyclic) bond motifs is 1. The van der Waals surface area contributed by atoms with Gasteiger partial charge in [0.25, 0.3) is 5.56 Å². The fourth-order valence-electron chi connectivity index (χ4n) is 4.03. The second-order valence-electron chi connectivity index (χ2n) is 7.40. The van der Waals surface area contributed by atoms with E-state index >= 15 is 0 Å². The molecule has 148 valence electrons. The summed E-state index contributed by atoms with van der Waals surface area (Å²) >= 11 is 0. The molecule has 1 aliphatic heterocycles. The van der Waals surface area contributed by atoms with Gasteiger partial charge in [-0.1, -0.05) is 13.3 Å². The number of ether oxygens (including phenoxy) is 1. The van der Waals surface area contributed by atoms with Crippen LogP contribution in [0.3, 0.4) is 0 Å². The second kappa shape index (κ2) is 8.85. The summed E-state index contributed by atoms with van der Waals surface area (Å²) in [7, 11) is 3.80. The van der Waals surface area contributed by atoms with Crippen molar-refractivity contribution in [2.75, 3.05) is 40.3 Å². The number of benzene rings is 1. The molecule has 3 rings (SSSR count). The molecule has 1 fully saturated rings. The van der Waals surface area contributed by atoms with Gasteiger partial charge in [-0.05, 0) is 51.6 Å². The zero-order valence-corrected chi connectivity index (χ0v) is 17.1. The standard InChI is InChI=1S/C21H32N4O2/c1-5-8-19(24-12-7-11-23(3)13-14-24)20-22-18-10-9-16(27-4)15-17(18)21(26)25(20)6-2/h9-10,15,19H,5-8,11-14H2,1-4H3/t19-/m1/s1. The summed E-state index contributed by atoms with van der Waals surface area (Å²) in [6, 6.07) is 5.76. The Morgan fingerprint density at radius 3 is 2.70 bits per heavy atom. The zero-order valence-electron chi connectivity index (χ0n) is 17.1. The first-order valence-electron chi connectivity index (χ1n) is 10.1. The molecule has 2 heterocycles. The highest BCUT2D eigenvalue weighted by Crippen LogP contribution is 2.27. The van der Waals surface area contributed by atoms with Crippen molar-refractivity contribution < 1.29 is 4.74 Å². The molecular formula is C21H32N4O2. The molecule has 0 saturated carbocycles. The lowest BCUT2D eigenvalue weighted by molar-refractivity contribution is 0.180. The Hall–Kier alpha value is -1.92. The van der Waals surface area contributed by atoms with Crippen molar-refractivity contribution in [2.24, 2.45) is 0 Å². The van der Waals surface area contributed by atoms with Gasteiger partial charge < -0.3 is 9.64 Å². The monoisotopic (exact) mass is 372 g/mol. The minimum Gasteiger partial charge on any atom is -0.497 e. The van der Waals surface area contributed by atoms with Crippen molar-refractivity contribution >= 4 is 10.9 Å². The number of methoxy groups -OCH3 is 1. The first-order valence-corrected chi connectivity index (χ1v) is 10.1. The summed E-state index contributed by atoms with van der Waals surface area (Å²) < 4.78 is 7.16. The molecule has 1 aromatic carbocycles. The van der Waals surface area contributed by atoms with Gasteiger partial charge in [-0.3, -0.25) is 14.3 Å². The Morgan fingerprint density at radius 2 is 2.00 bits per heavy atom. The van der Waals surface area contributed by atoms with Gasteiger partial charge in [-0.2, -0.15) is 0 Å². The minimum absolute atomic E-state index is 0.0319. The molecule has 0 N–H and O–H groups in total. The van der Waals surface area contributed by atoms with E-state index in [9.17, 15) is 4.79 Å². The molecule has 1 aliphatic rings. The third-order valence-corrected chi connectivity index (χ3v) is 5.56. The minimum atomic E-state index is 0.0319. The zero-order chi connectivity index (χ0) is 19.4. The van der Waals surface area contributed by atoms with Crippen molar-refractivity contribution in [3.05, 3.63) is 34.4 Å². The fourth-order valence-corrected chi connectivity index (χ4v) is 4.03. The van der Waals surface area contributed by atoms with Gasteiger partial charge in [0.2, 0.25) is 0 Å². The van der Waals surface area contributed by atoms with Gasteiger partial charge in [0.05, 0.1) is 24.1 Å². The molecule has 6 nitrogen and oxygen atoms in total. The maximum absolute atomic E-state index is 13.2. The van der Waals surface area contributed by atoms with E-state index in [-0.39, 0.29) is 11.6 Å². The Morgan fingerprint density at radius 1 is 1.19 bits per heavy atom. The molecule has 0 radical (unpaired) electrons. The number of rotatable bonds is 6. The third kappa shape index (κ3) is 4.17. The molecule has 1 saturated heterocycles. The molecule has 0 unspecified atom stereocenters. The number of likely N-dealkylation sites (N-methyl/N-ethyl adjacent to an activating group) is 1. The van der Waals surface area contributed by atoms with E-state index in [0.29, 0.717) is 17.7 Å². The predicted molar refractivity (Wildman–Crippen MR) is 110 cm³/mol. The second-order valence-corrected chi connectivity index (χ2v) is 7.40. The van der Waals surface area contributed by atoms with Gasteiger partial charge in [0, 0.05) is 26.2 Å². The largest absolute Gasteiger partial charge is 0.497 e. The van der Waals surface area contributed by atoms with Crippen LogP contribution < -0.4 is 10.3 Å². The number of hydrogen-bond acceptors (Lipinski definition) is 5. The van der Waals surface area contributed by atoms with Crippen LogP contribution in [0.5, 0.6) is 5.75 Å². The number of nitrogens with zero attached hydrogens (tertiary/aromatic N) is 4. The van der Waals surface area contributed by atoms with E-state index in [1.165, 1.54) is 0 Å². The van der Waals surface area contributed by atoms with Crippen molar-refractivity contribution in [1.82, 2.24) is 19.4 Å². The van der Waals surface area contributed by atoms with Crippen LogP contribution in [0.15, 0.2) is 23.0 Å². The Labute approximate surface area is 161 Å². The van der Waals surface area contributed by atoms with E-state index < -0.39 is 0 Å². The van der Waals surface area contributed by atoms with E-state index in [0.717, 1.165) is 56.8 Å². The van der Waals surface area contributed by atoms with Crippen LogP contribution in [0.25, 0.3) is 10.9 Å². The number of aromatic nitrogens is 2. The van der Waals surface area contributed by atoms with Crippen LogP contribution in [-0.2, 0) is 6.54 Å². The first-order chi connectivity index (χ1) is 13.1. The molecule has 0 spiro atoms. The average molecular weight is 373 g/mol. The van der Waals surface area contributed by atoms with Crippen LogP contribution in [0, 0.1) is 0 Å². The van der Waals surface area contributed by atoms with Crippen molar-refractivity contribution in [3.8, 4) is 5.75 Å². The van der Waals surface area contributed by atoms with Crippen LogP contribution in [0.2, 0.25) is 0 Å². The molecule has 6 heteroatoms. The van der Waals surface area contributed by atoms with E-state index in [4.69, 9.17) is 9.72 Å². The van der Waals surface area contributed by atoms with Gasteiger partial charge in [0.1, 0.15) is 11.6 Å². The molecule has 0 bridgehead atoms. The van der Waals surface area contributed by atoms with Crippen LogP contribution in [-0.4, -0.2) is 59.7 Å². The van der Waals surface area contributed by atoms with Gasteiger partial charge in [-0.15, -0.1) is 0 Å². The Balaban J connectivity index is 2.09. The Kier molecular flexibility index (Phi) is 6.50. The normalized spacial score (nSPS) is 17.8. The molecule has 0 aliphatic carbocycles. The molecule has 2 aromatic rings. The lowest BCUT2D eigenvalue weighted by Crippen LogP contribution is -2.37. The summed E-state index contributed by atoms with van der Waals surface area (Å²) in [5.74, 6) is 1.60. The smallest absolute Gasteiger partial charge is 0.261 e. The highest BCUT2D eigenvalue weighted by Gasteiger charge is 2.26. The highest BCUT2D eigenvalue weighted by molar-refractivity contribution is 5.79. The summed E-state index contributed by atoms with van der Waals surface area (Å²) in [5, 5.41) is 0.630. The highest BCUT2D eigenvalue weighted by atomic mass is 16.5. The van der Waals surface area contributed by atoms with E-state index in [2.05, 4.69) is 23.8 Å². The first kappa shape index (κ1) is 19.8. The SMILES string of the molecule is CCC[C@H](c1nc2ccc(OC)cc2c(=O)n1CC)N1CCCN(C)CC1. The molecular weight excluding hydrogens is 340 g/mol. The van der Waals surface area contributed by atoms with Crippen molar-refractivity contribution in [2.45, 2.75) is 45.7 Å². The quantitative estimate of drug-likeness (QED) is 0.780. The average Bonchev–Trinajstić information content (AvgIpc) is 2.90. The number of hydrogen-bond donors (Lipinski definition) is 0. The summed E-state index contributed by atoms with van der Waals surface area (Å²) in [5.41, 5.74) is 0.790. The summed E-state index contributed by atoms with van der Waals surface area (Å²) in [6.45, 7) is 9.11. The lowest BCUT2D eigenvalue weighted by atomic mass is 10.1. The van der Waals surface area contributed by atoms with E-state index in [1.54, 1.807) is 13.2 Å². The summed E-state index contributed by atoms with van der Waals surface area (Å²) in [4.78, 5) is 23.1. The van der Waals surface area contributed by atoms with E-state index in [1.807, 2.05) is 23.6 Å². The van der Waals surface area contributed by atoms with Crippen LogP contribution >= 0.6 is 0 Å². The van der Waals surface area contributed by atoms with Gasteiger partial charge in [-0.25, -0.2) is 4.98 Å². The van der Waals surface area contributed by atoms with Crippen molar-refractivity contribution in [3.63, 3.8) is 0 Å². The van der Waals surface area contributed by atoms with Crippen LogP contribution in [0.1, 0.15) is 45.0 Å². The van der Waals surface area contributed by atoms with Gasteiger partial charge >= 0.3 is 0 Å².